The van der Waals surface area contributed by atoms with Gasteiger partial charge in [-0.25, -0.2) is 0 Å². The lowest BCUT2D eigenvalue weighted by Gasteiger charge is -2.12. The van der Waals surface area contributed by atoms with E-state index in [1.807, 2.05) is 24.3 Å². The van der Waals surface area contributed by atoms with E-state index < -0.39 is 6.10 Å². The molecule has 14 heavy (non-hydrogen) atoms. The second kappa shape index (κ2) is 5.66. The van der Waals surface area contributed by atoms with Crippen LogP contribution < -0.4 is 5.73 Å². The molecule has 0 saturated carbocycles. The van der Waals surface area contributed by atoms with Gasteiger partial charge in [0.05, 0.1) is 6.10 Å². The molecule has 0 bridgehead atoms. The molecule has 2 heteroatoms. The minimum Gasteiger partial charge on any atom is -0.398 e. The number of hydrogen-bond donors (Lipinski definition) is 2. The van der Waals surface area contributed by atoms with Gasteiger partial charge in [0.15, 0.2) is 0 Å². The summed E-state index contributed by atoms with van der Waals surface area (Å²) in [6.07, 6.45) is 3.82. The Balaban J connectivity index is 2.51. The van der Waals surface area contributed by atoms with E-state index in [1.54, 1.807) is 0 Å². The van der Waals surface area contributed by atoms with Gasteiger partial charge in [-0.3, -0.25) is 0 Å². The molecule has 0 aliphatic carbocycles. The van der Waals surface area contributed by atoms with Crippen LogP contribution in [0.15, 0.2) is 24.3 Å². The summed E-state index contributed by atoms with van der Waals surface area (Å²) >= 11 is 0. The average molecular weight is 193 g/mol. The van der Waals surface area contributed by atoms with Crippen molar-refractivity contribution in [1.29, 1.82) is 0 Å². The van der Waals surface area contributed by atoms with Gasteiger partial charge >= 0.3 is 0 Å². The molecule has 0 spiro atoms. The zero-order chi connectivity index (χ0) is 10.4. The maximum atomic E-state index is 9.85. The molecule has 3 N–H and O–H groups in total. The second-order valence-electron chi connectivity index (χ2n) is 3.64. The lowest BCUT2D eigenvalue weighted by Crippen LogP contribution is -2.01. The summed E-state index contributed by atoms with van der Waals surface area (Å²) in [5.41, 5.74) is 7.32. The largest absolute Gasteiger partial charge is 0.398 e. The molecule has 0 heterocycles. The fourth-order valence-electron chi connectivity index (χ4n) is 1.56. The zero-order valence-corrected chi connectivity index (χ0v) is 8.74. The number of para-hydroxylation sites is 1. The molecular weight excluding hydrogens is 174 g/mol. The quantitative estimate of drug-likeness (QED) is 0.558. The first-order chi connectivity index (χ1) is 6.75. The van der Waals surface area contributed by atoms with Crippen LogP contribution in [0.5, 0.6) is 0 Å². The number of rotatable bonds is 5. The Morgan fingerprint density at radius 2 is 2.00 bits per heavy atom. The first kappa shape index (κ1) is 11.1. The Labute approximate surface area is 85.8 Å². The number of anilines is 1. The van der Waals surface area contributed by atoms with Gasteiger partial charge in [-0.2, -0.15) is 0 Å². The standard InChI is InChI=1S/C12H19NO/c1-2-3-4-9-12(14)10-7-5-6-8-11(10)13/h5-8,12,14H,2-4,9,13H2,1H3. The molecule has 1 aromatic carbocycles. The summed E-state index contributed by atoms with van der Waals surface area (Å²) in [4.78, 5) is 0. The van der Waals surface area contributed by atoms with Gasteiger partial charge in [0.25, 0.3) is 0 Å². The van der Waals surface area contributed by atoms with Crippen LogP contribution in [0.1, 0.15) is 44.3 Å². The first-order valence-corrected chi connectivity index (χ1v) is 5.28. The number of unbranched alkanes of at least 4 members (excludes halogenated alkanes) is 2. The third kappa shape index (κ3) is 3.04. The maximum Gasteiger partial charge on any atom is 0.0809 e. The Morgan fingerprint density at radius 3 is 2.64 bits per heavy atom. The number of nitrogens with two attached hydrogens (primary N) is 1. The van der Waals surface area contributed by atoms with Crippen LogP contribution in [0.25, 0.3) is 0 Å². The van der Waals surface area contributed by atoms with Crippen molar-refractivity contribution in [3.63, 3.8) is 0 Å². The van der Waals surface area contributed by atoms with E-state index >= 15 is 0 Å². The van der Waals surface area contributed by atoms with Crippen molar-refractivity contribution in [3.05, 3.63) is 29.8 Å². The molecule has 1 rings (SSSR count). The predicted molar refractivity (Wildman–Crippen MR) is 60.0 cm³/mol. The SMILES string of the molecule is CCCCCC(O)c1ccccc1N. The molecule has 0 aliphatic heterocycles. The van der Waals surface area contributed by atoms with Crippen molar-refractivity contribution in [2.45, 2.75) is 38.7 Å². The molecule has 1 unspecified atom stereocenters. The molecular formula is C12H19NO. The third-order valence-corrected chi connectivity index (χ3v) is 2.44. The van der Waals surface area contributed by atoms with E-state index in [0.717, 1.165) is 18.4 Å². The van der Waals surface area contributed by atoms with E-state index in [4.69, 9.17) is 5.73 Å². The number of hydrogen-bond acceptors (Lipinski definition) is 2. The third-order valence-electron chi connectivity index (χ3n) is 2.44. The van der Waals surface area contributed by atoms with Crippen molar-refractivity contribution in [2.24, 2.45) is 0 Å². The minimum atomic E-state index is -0.400. The van der Waals surface area contributed by atoms with Crippen molar-refractivity contribution >= 4 is 5.69 Å². The lowest BCUT2D eigenvalue weighted by molar-refractivity contribution is 0.164. The highest BCUT2D eigenvalue weighted by Crippen LogP contribution is 2.24. The van der Waals surface area contributed by atoms with Gasteiger partial charge in [-0.1, -0.05) is 44.4 Å². The molecule has 0 saturated heterocycles. The molecule has 0 amide bonds. The van der Waals surface area contributed by atoms with E-state index in [9.17, 15) is 5.11 Å². The number of aliphatic hydroxyl groups is 1. The summed E-state index contributed by atoms with van der Waals surface area (Å²) < 4.78 is 0. The van der Waals surface area contributed by atoms with Crippen LogP contribution in [0, 0.1) is 0 Å². The predicted octanol–water partition coefficient (Wildman–Crippen LogP) is 2.88. The van der Waals surface area contributed by atoms with Crippen molar-refractivity contribution in [1.82, 2.24) is 0 Å². The summed E-state index contributed by atoms with van der Waals surface area (Å²) in [7, 11) is 0. The van der Waals surface area contributed by atoms with Gasteiger partial charge < -0.3 is 10.8 Å². The van der Waals surface area contributed by atoms with E-state index in [2.05, 4.69) is 6.92 Å². The van der Waals surface area contributed by atoms with Crippen molar-refractivity contribution < 1.29 is 5.11 Å². The van der Waals surface area contributed by atoms with Gasteiger partial charge in [-0.05, 0) is 12.5 Å². The second-order valence-corrected chi connectivity index (χ2v) is 3.64. The van der Waals surface area contributed by atoms with Gasteiger partial charge in [0.2, 0.25) is 0 Å². The van der Waals surface area contributed by atoms with E-state index in [1.165, 1.54) is 12.8 Å². The molecule has 0 radical (unpaired) electrons. The molecule has 78 valence electrons. The van der Waals surface area contributed by atoms with Crippen LogP contribution in [0.4, 0.5) is 5.69 Å². The average Bonchev–Trinajstić information content (AvgIpc) is 2.18. The normalized spacial score (nSPS) is 12.7. The lowest BCUT2D eigenvalue weighted by atomic mass is 10.0. The molecule has 1 aromatic rings. The van der Waals surface area contributed by atoms with Crippen LogP contribution in [0.2, 0.25) is 0 Å². The highest BCUT2D eigenvalue weighted by molar-refractivity contribution is 5.47. The summed E-state index contributed by atoms with van der Waals surface area (Å²) in [5.74, 6) is 0. The molecule has 2 nitrogen and oxygen atoms in total. The van der Waals surface area contributed by atoms with Crippen molar-refractivity contribution in [2.75, 3.05) is 5.73 Å². The summed E-state index contributed by atoms with van der Waals surface area (Å²) in [6, 6.07) is 7.52. The van der Waals surface area contributed by atoms with Crippen molar-refractivity contribution in [3.8, 4) is 0 Å². The Morgan fingerprint density at radius 1 is 1.29 bits per heavy atom. The number of benzene rings is 1. The van der Waals surface area contributed by atoms with Crippen LogP contribution in [-0.2, 0) is 0 Å². The van der Waals surface area contributed by atoms with Gasteiger partial charge in [-0.15, -0.1) is 0 Å². The Kier molecular flexibility index (Phi) is 4.47. The van der Waals surface area contributed by atoms with E-state index in [-0.39, 0.29) is 0 Å². The Hall–Kier alpha value is -1.02. The highest BCUT2D eigenvalue weighted by Gasteiger charge is 2.09. The molecule has 0 fully saturated rings. The number of nitrogen functional groups attached to an aromatic ring is 1. The van der Waals surface area contributed by atoms with Gasteiger partial charge in [0, 0.05) is 11.3 Å². The molecule has 0 aromatic heterocycles. The minimum absolute atomic E-state index is 0.400. The van der Waals surface area contributed by atoms with E-state index in [0.29, 0.717) is 5.69 Å². The topological polar surface area (TPSA) is 46.2 Å². The van der Waals surface area contributed by atoms with Gasteiger partial charge in [0.1, 0.15) is 0 Å². The fourth-order valence-corrected chi connectivity index (χ4v) is 1.56. The summed E-state index contributed by atoms with van der Waals surface area (Å²) in [5, 5.41) is 9.85. The molecule has 0 aliphatic rings. The van der Waals surface area contributed by atoms with Crippen LogP contribution in [0.3, 0.4) is 0 Å². The monoisotopic (exact) mass is 193 g/mol. The van der Waals surface area contributed by atoms with Crippen LogP contribution in [-0.4, -0.2) is 5.11 Å². The van der Waals surface area contributed by atoms with Crippen LogP contribution >= 0.6 is 0 Å². The summed E-state index contributed by atoms with van der Waals surface area (Å²) in [6.45, 7) is 2.16. The highest BCUT2D eigenvalue weighted by atomic mass is 16.3. The fraction of sp³-hybridized carbons (Fsp3) is 0.500. The number of aliphatic hydroxyl groups excluding tert-OH is 1. The molecule has 1 atom stereocenters. The maximum absolute atomic E-state index is 9.85. The zero-order valence-electron chi connectivity index (χ0n) is 8.74. The Bertz CT molecular complexity index is 273. The smallest absolute Gasteiger partial charge is 0.0809 e. The first-order valence-electron chi connectivity index (χ1n) is 5.28.